The van der Waals surface area contributed by atoms with Gasteiger partial charge in [0.05, 0.1) is 0 Å². The van der Waals surface area contributed by atoms with Crippen LogP contribution in [0.5, 0.6) is 0 Å². The third-order valence-electron chi connectivity index (χ3n) is 1.58. The number of primary amides is 1. The van der Waals surface area contributed by atoms with Gasteiger partial charge >= 0.3 is 11.8 Å². The summed E-state index contributed by atoms with van der Waals surface area (Å²) in [6.45, 7) is 5.73. The van der Waals surface area contributed by atoms with E-state index in [1.54, 1.807) is 0 Å². The zero-order chi connectivity index (χ0) is 9.02. The number of rotatable bonds is 2. The van der Waals surface area contributed by atoms with Crippen LogP contribution in [0.25, 0.3) is 0 Å². The molecule has 0 aliphatic carbocycles. The molecule has 1 atom stereocenters. The fraction of sp³-hybridized carbons (Fsp3) is 0.714. The van der Waals surface area contributed by atoms with E-state index in [1.807, 2.05) is 20.8 Å². The molecule has 4 heteroatoms. The molecule has 0 aromatic rings. The van der Waals surface area contributed by atoms with Gasteiger partial charge in [0.15, 0.2) is 0 Å². The van der Waals surface area contributed by atoms with E-state index in [4.69, 9.17) is 5.73 Å². The van der Waals surface area contributed by atoms with Gasteiger partial charge in [-0.05, 0) is 12.8 Å². The van der Waals surface area contributed by atoms with Crippen molar-refractivity contribution in [2.24, 2.45) is 11.7 Å². The Balaban J connectivity index is 3.85. The molecular weight excluding hydrogens is 144 g/mol. The number of hydrogen-bond donors (Lipinski definition) is 2. The van der Waals surface area contributed by atoms with E-state index in [0.29, 0.717) is 5.92 Å². The summed E-state index contributed by atoms with van der Waals surface area (Å²) >= 11 is 0. The highest BCUT2D eigenvalue weighted by Crippen LogP contribution is 1.98. The highest BCUT2D eigenvalue weighted by Gasteiger charge is 2.13. The fourth-order valence-corrected chi connectivity index (χ4v) is 0.445. The van der Waals surface area contributed by atoms with Crippen LogP contribution >= 0.6 is 0 Å². The van der Waals surface area contributed by atoms with Gasteiger partial charge in [-0.2, -0.15) is 0 Å². The molecule has 0 saturated heterocycles. The maximum Gasteiger partial charge on any atom is 0.309 e. The van der Waals surface area contributed by atoms with Gasteiger partial charge in [-0.15, -0.1) is 0 Å². The van der Waals surface area contributed by atoms with E-state index < -0.39 is 11.8 Å². The number of carbonyl (C=O) groups excluding carboxylic acids is 2. The predicted octanol–water partition coefficient (Wildman–Crippen LogP) is -0.368. The third kappa shape index (κ3) is 3.60. The van der Waals surface area contributed by atoms with Crippen molar-refractivity contribution in [3.63, 3.8) is 0 Å². The van der Waals surface area contributed by atoms with Crippen LogP contribution in [0.4, 0.5) is 0 Å². The fourth-order valence-electron chi connectivity index (χ4n) is 0.445. The maximum atomic E-state index is 10.7. The summed E-state index contributed by atoms with van der Waals surface area (Å²) in [5, 5.41) is 2.47. The van der Waals surface area contributed by atoms with Gasteiger partial charge in [0.2, 0.25) is 0 Å². The lowest BCUT2D eigenvalue weighted by atomic mass is 10.1. The van der Waals surface area contributed by atoms with E-state index >= 15 is 0 Å². The summed E-state index contributed by atoms with van der Waals surface area (Å²) < 4.78 is 0. The van der Waals surface area contributed by atoms with Gasteiger partial charge in [0.25, 0.3) is 0 Å². The molecule has 64 valence electrons. The molecule has 0 saturated carbocycles. The molecule has 0 bridgehead atoms. The van der Waals surface area contributed by atoms with Crippen molar-refractivity contribution < 1.29 is 9.59 Å². The minimum atomic E-state index is -0.933. The lowest BCUT2D eigenvalue weighted by molar-refractivity contribution is -0.137. The van der Waals surface area contributed by atoms with Crippen molar-refractivity contribution in [2.45, 2.75) is 26.8 Å². The molecule has 0 unspecified atom stereocenters. The molecule has 0 spiro atoms. The van der Waals surface area contributed by atoms with Crippen LogP contribution in [0.3, 0.4) is 0 Å². The third-order valence-corrected chi connectivity index (χ3v) is 1.58. The lowest BCUT2D eigenvalue weighted by Gasteiger charge is -2.15. The van der Waals surface area contributed by atoms with Crippen LogP contribution in [0, 0.1) is 5.92 Å². The minimum Gasteiger partial charge on any atom is -0.361 e. The summed E-state index contributed by atoms with van der Waals surface area (Å²) in [5.74, 6) is -1.35. The quantitative estimate of drug-likeness (QED) is 0.538. The molecule has 0 radical (unpaired) electrons. The molecule has 0 rings (SSSR count). The van der Waals surface area contributed by atoms with Crippen molar-refractivity contribution in [1.29, 1.82) is 0 Å². The van der Waals surface area contributed by atoms with Crippen molar-refractivity contribution in [3.8, 4) is 0 Å². The molecule has 0 heterocycles. The van der Waals surface area contributed by atoms with Crippen LogP contribution in [-0.4, -0.2) is 17.9 Å². The van der Waals surface area contributed by atoms with E-state index in [9.17, 15) is 9.59 Å². The number of amides is 2. The Hall–Kier alpha value is -1.06. The SMILES string of the molecule is CC(C)[C@@H](C)NC(=O)C(N)=O. The van der Waals surface area contributed by atoms with Gasteiger partial charge in [0.1, 0.15) is 0 Å². The molecule has 0 aromatic carbocycles. The molecule has 0 aliphatic rings. The van der Waals surface area contributed by atoms with Crippen LogP contribution in [0.15, 0.2) is 0 Å². The molecule has 0 aliphatic heterocycles. The first kappa shape index (κ1) is 9.94. The average molecular weight is 158 g/mol. The largest absolute Gasteiger partial charge is 0.361 e. The lowest BCUT2D eigenvalue weighted by Crippen LogP contribution is -2.43. The van der Waals surface area contributed by atoms with Gasteiger partial charge in [0, 0.05) is 6.04 Å². The number of nitrogens with two attached hydrogens (primary N) is 1. The Morgan fingerprint density at radius 3 is 2.00 bits per heavy atom. The highest BCUT2D eigenvalue weighted by atomic mass is 16.2. The van der Waals surface area contributed by atoms with E-state index in [0.717, 1.165) is 0 Å². The van der Waals surface area contributed by atoms with Gasteiger partial charge in [-0.25, -0.2) is 0 Å². The first-order valence-electron chi connectivity index (χ1n) is 3.55. The highest BCUT2D eigenvalue weighted by molar-refractivity contribution is 6.34. The van der Waals surface area contributed by atoms with Gasteiger partial charge < -0.3 is 11.1 Å². The second-order valence-corrected chi connectivity index (χ2v) is 2.87. The summed E-state index contributed by atoms with van der Waals surface area (Å²) in [7, 11) is 0. The van der Waals surface area contributed by atoms with Crippen LogP contribution < -0.4 is 11.1 Å². The average Bonchev–Trinajstić information content (AvgIpc) is 1.87. The van der Waals surface area contributed by atoms with Crippen LogP contribution in [-0.2, 0) is 9.59 Å². The summed E-state index contributed by atoms with van der Waals surface area (Å²) in [6.07, 6.45) is 0. The number of nitrogens with one attached hydrogen (secondary N) is 1. The monoisotopic (exact) mass is 158 g/mol. The molecule has 11 heavy (non-hydrogen) atoms. The summed E-state index contributed by atoms with van der Waals surface area (Å²) in [4.78, 5) is 20.9. The zero-order valence-corrected chi connectivity index (χ0v) is 7.05. The first-order chi connectivity index (χ1) is 4.95. The Morgan fingerprint density at radius 2 is 1.73 bits per heavy atom. The normalized spacial score (nSPS) is 12.7. The topological polar surface area (TPSA) is 72.2 Å². The Kier molecular flexibility index (Phi) is 3.57. The van der Waals surface area contributed by atoms with Gasteiger partial charge in [-0.1, -0.05) is 13.8 Å². The molecular formula is C7H14N2O2. The van der Waals surface area contributed by atoms with E-state index in [-0.39, 0.29) is 6.04 Å². The summed E-state index contributed by atoms with van der Waals surface area (Å²) in [6, 6.07) is -0.0185. The van der Waals surface area contributed by atoms with Crippen molar-refractivity contribution in [1.82, 2.24) is 5.32 Å². The summed E-state index contributed by atoms with van der Waals surface area (Å²) in [5.41, 5.74) is 4.73. The predicted molar refractivity (Wildman–Crippen MR) is 41.6 cm³/mol. The van der Waals surface area contributed by atoms with Crippen molar-refractivity contribution in [2.75, 3.05) is 0 Å². The maximum absolute atomic E-state index is 10.7. The van der Waals surface area contributed by atoms with E-state index in [2.05, 4.69) is 5.32 Å². The molecule has 3 N–H and O–H groups in total. The molecule has 2 amide bonds. The molecule has 0 fully saturated rings. The molecule has 4 nitrogen and oxygen atoms in total. The Bertz CT molecular complexity index is 166. The zero-order valence-electron chi connectivity index (χ0n) is 7.05. The second kappa shape index (κ2) is 3.95. The van der Waals surface area contributed by atoms with Crippen LogP contribution in [0.2, 0.25) is 0 Å². The number of hydrogen-bond acceptors (Lipinski definition) is 2. The minimum absolute atomic E-state index is 0.0185. The smallest absolute Gasteiger partial charge is 0.309 e. The van der Waals surface area contributed by atoms with Crippen molar-refractivity contribution >= 4 is 11.8 Å². The van der Waals surface area contributed by atoms with Crippen molar-refractivity contribution in [3.05, 3.63) is 0 Å². The second-order valence-electron chi connectivity index (χ2n) is 2.87. The van der Waals surface area contributed by atoms with E-state index in [1.165, 1.54) is 0 Å². The first-order valence-corrected chi connectivity index (χ1v) is 3.55. The van der Waals surface area contributed by atoms with Gasteiger partial charge in [-0.3, -0.25) is 9.59 Å². The van der Waals surface area contributed by atoms with Crippen LogP contribution in [0.1, 0.15) is 20.8 Å². The standard InChI is InChI=1S/C7H14N2O2/c1-4(2)5(3)9-7(11)6(8)10/h4-5H,1-3H3,(H2,8,10)(H,9,11)/t5-/m1/s1. The number of carbonyl (C=O) groups is 2. The Labute approximate surface area is 66.1 Å². The Morgan fingerprint density at radius 1 is 1.27 bits per heavy atom. The molecule has 0 aromatic heterocycles.